The molecule has 1 unspecified atom stereocenters. The molecule has 31 heavy (non-hydrogen) atoms. The molecule has 0 saturated carbocycles. The summed E-state index contributed by atoms with van der Waals surface area (Å²) in [5.74, 6) is 0.0127. The van der Waals surface area contributed by atoms with Gasteiger partial charge in [-0.05, 0) is 43.4 Å². The van der Waals surface area contributed by atoms with Crippen molar-refractivity contribution in [3.63, 3.8) is 0 Å². The predicted octanol–water partition coefficient (Wildman–Crippen LogP) is 4.14. The first-order valence-corrected chi connectivity index (χ1v) is 10.2. The van der Waals surface area contributed by atoms with Gasteiger partial charge in [-0.15, -0.1) is 0 Å². The van der Waals surface area contributed by atoms with E-state index in [4.69, 9.17) is 17.2 Å². The van der Waals surface area contributed by atoms with E-state index in [9.17, 15) is 9.59 Å². The number of hydrogen-bond donors (Lipinski definition) is 2. The number of carbonyl (C=O) groups is 1. The SMILES string of the molecule is CC(C(=O)NC(=S)Nc1ccccc1)n1c(-c2ccccc2)nc2ccccc2c1=O. The standard InChI is InChI=1S/C24H20N4O2S/c1-16(22(29)27-24(31)25-18-12-6-3-7-13-18)28-21(17-10-4-2-5-11-17)26-20-15-9-8-14-19(20)23(28)30/h2-16H,1H3,(H2,25,27,29,31). The van der Waals surface area contributed by atoms with Gasteiger partial charge in [-0.3, -0.25) is 14.2 Å². The Labute approximate surface area is 184 Å². The maximum atomic E-state index is 13.3. The molecule has 0 aliphatic heterocycles. The summed E-state index contributed by atoms with van der Waals surface area (Å²) in [4.78, 5) is 31.0. The zero-order valence-electron chi connectivity index (χ0n) is 16.8. The summed E-state index contributed by atoms with van der Waals surface area (Å²) in [6.45, 7) is 1.66. The molecule has 2 N–H and O–H groups in total. The van der Waals surface area contributed by atoms with E-state index in [-0.39, 0.29) is 10.7 Å². The van der Waals surface area contributed by atoms with Gasteiger partial charge in [0.2, 0.25) is 5.91 Å². The number of rotatable bonds is 4. The van der Waals surface area contributed by atoms with Crippen molar-refractivity contribution >= 4 is 39.8 Å². The Morgan fingerprint density at radius 3 is 2.26 bits per heavy atom. The largest absolute Gasteiger partial charge is 0.332 e. The van der Waals surface area contributed by atoms with E-state index in [1.165, 1.54) is 4.57 Å². The molecule has 3 aromatic carbocycles. The van der Waals surface area contributed by atoms with Crippen LogP contribution in [0.25, 0.3) is 22.3 Å². The van der Waals surface area contributed by atoms with Crippen molar-refractivity contribution in [1.29, 1.82) is 0 Å². The molecule has 154 valence electrons. The first-order chi connectivity index (χ1) is 15.0. The monoisotopic (exact) mass is 428 g/mol. The van der Waals surface area contributed by atoms with Crippen LogP contribution in [0.1, 0.15) is 13.0 Å². The maximum absolute atomic E-state index is 13.3. The van der Waals surface area contributed by atoms with Crippen molar-refractivity contribution < 1.29 is 4.79 Å². The molecule has 0 fully saturated rings. The normalized spacial score (nSPS) is 11.6. The average molecular weight is 429 g/mol. The number of hydrogen-bond acceptors (Lipinski definition) is 4. The van der Waals surface area contributed by atoms with Gasteiger partial charge >= 0.3 is 0 Å². The molecule has 4 aromatic rings. The minimum absolute atomic E-state index is 0.158. The third-order valence-electron chi connectivity index (χ3n) is 4.87. The predicted molar refractivity (Wildman–Crippen MR) is 127 cm³/mol. The molecule has 1 atom stereocenters. The lowest BCUT2D eigenvalue weighted by Crippen LogP contribution is -2.41. The Morgan fingerprint density at radius 1 is 0.935 bits per heavy atom. The van der Waals surface area contributed by atoms with Gasteiger partial charge in [0.25, 0.3) is 5.56 Å². The van der Waals surface area contributed by atoms with Gasteiger partial charge in [-0.2, -0.15) is 0 Å². The molecule has 0 radical (unpaired) electrons. The van der Waals surface area contributed by atoms with Gasteiger partial charge in [-0.1, -0.05) is 60.7 Å². The lowest BCUT2D eigenvalue weighted by molar-refractivity contribution is -0.122. The van der Waals surface area contributed by atoms with Crippen molar-refractivity contribution in [1.82, 2.24) is 14.9 Å². The second kappa shape index (κ2) is 8.89. The Morgan fingerprint density at radius 2 is 1.55 bits per heavy atom. The minimum Gasteiger partial charge on any atom is -0.332 e. The van der Waals surface area contributed by atoms with E-state index in [1.54, 1.807) is 25.1 Å². The number of amides is 1. The lowest BCUT2D eigenvalue weighted by Gasteiger charge is -2.20. The Bertz CT molecular complexity index is 1300. The maximum Gasteiger partial charge on any atom is 0.262 e. The zero-order chi connectivity index (χ0) is 21.8. The second-order valence-corrected chi connectivity index (χ2v) is 7.39. The van der Waals surface area contributed by atoms with Crippen LogP contribution >= 0.6 is 12.2 Å². The topological polar surface area (TPSA) is 76.0 Å². The fourth-order valence-electron chi connectivity index (χ4n) is 3.31. The van der Waals surface area contributed by atoms with E-state index in [0.29, 0.717) is 16.7 Å². The third kappa shape index (κ3) is 4.36. The molecule has 0 aliphatic carbocycles. The first-order valence-electron chi connectivity index (χ1n) is 9.78. The molecule has 6 nitrogen and oxygen atoms in total. The van der Waals surface area contributed by atoms with Crippen LogP contribution in [0.5, 0.6) is 0 Å². The fraction of sp³-hybridized carbons (Fsp3) is 0.0833. The molecule has 1 heterocycles. The molecule has 4 rings (SSSR count). The van der Waals surface area contributed by atoms with Crippen LogP contribution in [0.3, 0.4) is 0 Å². The van der Waals surface area contributed by atoms with Gasteiger partial charge in [0, 0.05) is 11.3 Å². The number of benzene rings is 3. The number of nitrogens with zero attached hydrogens (tertiary/aromatic N) is 2. The molecular formula is C24H20N4O2S. The van der Waals surface area contributed by atoms with E-state index in [0.717, 1.165) is 11.3 Å². The molecule has 0 aliphatic rings. The highest BCUT2D eigenvalue weighted by molar-refractivity contribution is 7.80. The molecule has 0 saturated heterocycles. The lowest BCUT2D eigenvalue weighted by atomic mass is 10.1. The summed E-state index contributed by atoms with van der Waals surface area (Å²) in [5, 5.41) is 6.25. The van der Waals surface area contributed by atoms with Crippen molar-refractivity contribution in [2.24, 2.45) is 0 Å². The summed E-state index contributed by atoms with van der Waals surface area (Å²) in [6.07, 6.45) is 0. The van der Waals surface area contributed by atoms with Crippen molar-refractivity contribution in [3.8, 4) is 11.4 Å². The number of aromatic nitrogens is 2. The summed E-state index contributed by atoms with van der Waals surface area (Å²) >= 11 is 5.27. The van der Waals surface area contributed by atoms with Crippen LogP contribution in [-0.4, -0.2) is 20.6 Å². The number of anilines is 1. The Kier molecular flexibility index (Phi) is 5.86. The quantitative estimate of drug-likeness (QED) is 0.478. The van der Waals surface area contributed by atoms with Gasteiger partial charge in [0.1, 0.15) is 11.9 Å². The highest BCUT2D eigenvalue weighted by atomic mass is 32.1. The Hall–Kier alpha value is -3.84. The van der Waals surface area contributed by atoms with Crippen molar-refractivity contribution in [2.75, 3.05) is 5.32 Å². The minimum atomic E-state index is -0.838. The molecular weight excluding hydrogens is 408 g/mol. The van der Waals surface area contributed by atoms with Crippen LogP contribution in [-0.2, 0) is 4.79 Å². The molecule has 0 bridgehead atoms. The third-order valence-corrected chi connectivity index (χ3v) is 5.08. The average Bonchev–Trinajstić information content (AvgIpc) is 2.79. The highest BCUT2D eigenvalue weighted by Gasteiger charge is 2.23. The molecule has 1 aromatic heterocycles. The number of nitrogens with one attached hydrogen (secondary N) is 2. The van der Waals surface area contributed by atoms with Crippen molar-refractivity contribution in [2.45, 2.75) is 13.0 Å². The van der Waals surface area contributed by atoms with Crippen molar-refractivity contribution in [3.05, 3.63) is 95.3 Å². The van der Waals surface area contributed by atoms with Gasteiger partial charge < -0.3 is 10.6 Å². The van der Waals surface area contributed by atoms with Crippen LogP contribution in [0.15, 0.2) is 89.7 Å². The number of para-hydroxylation sites is 2. The van der Waals surface area contributed by atoms with Gasteiger partial charge in [0.05, 0.1) is 10.9 Å². The summed E-state index contributed by atoms with van der Waals surface area (Å²) < 4.78 is 1.41. The van der Waals surface area contributed by atoms with E-state index < -0.39 is 11.9 Å². The van der Waals surface area contributed by atoms with Crippen LogP contribution < -0.4 is 16.2 Å². The number of carbonyl (C=O) groups excluding carboxylic acids is 1. The molecule has 0 spiro atoms. The van der Waals surface area contributed by atoms with E-state index >= 15 is 0 Å². The van der Waals surface area contributed by atoms with Crippen LogP contribution in [0, 0.1) is 0 Å². The number of fused-ring (bicyclic) bond motifs is 1. The fourth-order valence-corrected chi connectivity index (χ4v) is 3.53. The first kappa shape index (κ1) is 20.4. The summed E-state index contributed by atoms with van der Waals surface area (Å²) in [6, 6.07) is 24.9. The van der Waals surface area contributed by atoms with Crippen LogP contribution in [0.4, 0.5) is 5.69 Å². The van der Waals surface area contributed by atoms with E-state index in [1.807, 2.05) is 66.7 Å². The zero-order valence-corrected chi connectivity index (χ0v) is 17.6. The summed E-state index contributed by atoms with van der Waals surface area (Å²) in [5.41, 5.74) is 1.80. The van der Waals surface area contributed by atoms with Crippen LogP contribution in [0.2, 0.25) is 0 Å². The van der Waals surface area contributed by atoms with E-state index in [2.05, 4.69) is 10.6 Å². The molecule has 1 amide bonds. The molecule has 7 heteroatoms. The van der Waals surface area contributed by atoms with Gasteiger partial charge in [-0.25, -0.2) is 4.98 Å². The highest BCUT2D eigenvalue weighted by Crippen LogP contribution is 2.22. The van der Waals surface area contributed by atoms with Gasteiger partial charge in [0.15, 0.2) is 5.11 Å². The summed E-state index contributed by atoms with van der Waals surface area (Å²) in [7, 11) is 0. The Balaban J connectivity index is 1.70. The number of thiocarbonyl (C=S) groups is 1. The smallest absolute Gasteiger partial charge is 0.262 e. The second-order valence-electron chi connectivity index (χ2n) is 6.98.